The van der Waals surface area contributed by atoms with Gasteiger partial charge in [0.05, 0.1) is 19.8 Å². The fourth-order valence-corrected chi connectivity index (χ4v) is 4.27. The molecule has 3 rings (SSSR count). The van der Waals surface area contributed by atoms with Crippen molar-refractivity contribution in [2.24, 2.45) is 5.73 Å². The summed E-state index contributed by atoms with van der Waals surface area (Å²) in [6.07, 6.45) is 4.67. The summed E-state index contributed by atoms with van der Waals surface area (Å²) < 4.78 is 11.5. The standard InChI is InChI=1S/C29H41N3O4/c1-2-3-5-11-28(33)25-12-14-26(15-13-25)36-21-8-16-31-17-19-32(20-18-31)29(34)27(30)23-35-22-24-9-6-4-7-10-24/h4,6-7,9-10,12-15,27H,2-3,5,8,11,16-23,30H2,1H3/t27-/m1/s1. The number of hydrogen-bond donors (Lipinski definition) is 1. The summed E-state index contributed by atoms with van der Waals surface area (Å²) in [4.78, 5) is 29.0. The van der Waals surface area contributed by atoms with E-state index in [0.717, 1.165) is 62.2 Å². The van der Waals surface area contributed by atoms with Crippen LogP contribution in [0.1, 0.15) is 54.9 Å². The van der Waals surface area contributed by atoms with Gasteiger partial charge in [0, 0.05) is 44.7 Å². The molecule has 36 heavy (non-hydrogen) atoms. The minimum atomic E-state index is -0.633. The monoisotopic (exact) mass is 495 g/mol. The number of ether oxygens (including phenoxy) is 2. The van der Waals surface area contributed by atoms with Crippen LogP contribution in [0.2, 0.25) is 0 Å². The van der Waals surface area contributed by atoms with Crippen molar-refractivity contribution in [1.29, 1.82) is 0 Å². The van der Waals surface area contributed by atoms with Crippen molar-refractivity contribution < 1.29 is 19.1 Å². The third-order valence-electron chi connectivity index (χ3n) is 6.48. The molecule has 1 amide bonds. The average Bonchev–Trinajstić information content (AvgIpc) is 2.92. The zero-order chi connectivity index (χ0) is 25.6. The van der Waals surface area contributed by atoms with Crippen molar-refractivity contribution >= 4 is 11.7 Å². The second-order valence-electron chi connectivity index (χ2n) is 9.38. The van der Waals surface area contributed by atoms with Gasteiger partial charge in [-0.3, -0.25) is 14.5 Å². The molecule has 1 atom stereocenters. The van der Waals surface area contributed by atoms with Gasteiger partial charge in [-0.15, -0.1) is 0 Å². The number of rotatable bonds is 15. The van der Waals surface area contributed by atoms with Crippen LogP contribution in [-0.4, -0.2) is 73.5 Å². The van der Waals surface area contributed by atoms with Crippen LogP contribution in [0, 0.1) is 0 Å². The highest BCUT2D eigenvalue weighted by molar-refractivity contribution is 5.96. The van der Waals surface area contributed by atoms with Crippen LogP contribution in [0.4, 0.5) is 0 Å². The highest BCUT2D eigenvalue weighted by Gasteiger charge is 2.25. The van der Waals surface area contributed by atoms with E-state index in [4.69, 9.17) is 15.2 Å². The fourth-order valence-electron chi connectivity index (χ4n) is 4.27. The molecule has 196 valence electrons. The molecule has 7 nitrogen and oxygen atoms in total. The van der Waals surface area contributed by atoms with E-state index < -0.39 is 6.04 Å². The van der Waals surface area contributed by atoms with Crippen molar-refractivity contribution in [3.8, 4) is 5.75 Å². The van der Waals surface area contributed by atoms with Crippen molar-refractivity contribution in [2.45, 2.75) is 51.7 Å². The summed E-state index contributed by atoms with van der Waals surface area (Å²) >= 11 is 0. The number of nitrogens with zero attached hydrogens (tertiary/aromatic N) is 2. The first-order valence-electron chi connectivity index (χ1n) is 13.2. The molecule has 1 heterocycles. The second kappa shape index (κ2) is 15.4. The summed E-state index contributed by atoms with van der Waals surface area (Å²) in [6.45, 7) is 7.38. The van der Waals surface area contributed by atoms with Gasteiger partial charge in [-0.2, -0.15) is 0 Å². The summed E-state index contributed by atoms with van der Waals surface area (Å²) in [7, 11) is 0. The lowest BCUT2D eigenvalue weighted by molar-refractivity contribution is -0.135. The number of benzene rings is 2. The molecule has 0 saturated carbocycles. The number of carbonyl (C=O) groups excluding carboxylic acids is 2. The quantitative estimate of drug-likeness (QED) is 0.298. The van der Waals surface area contributed by atoms with Crippen LogP contribution in [0.25, 0.3) is 0 Å². The molecule has 0 aliphatic carbocycles. The summed E-state index contributed by atoms with van der Waals surface area (Å²) in [5.41, 5.74) is 7.92. The molecule has 1 aliphatic rings. The molecule has 2 aromatic rings. The maximum atomic E-state index is 12.7. The normalized spacial score (nSPS) is 15.0. The van der Waals surface area contributed by atoms with Gasteiger partial charge < -0.3 is 20.1 Å². The molecule has 7 heteroatoms. The summed E-state index contributed by atoms with van der Waals surface area (Å²) in [5, 5.41) is 0. The van der Waals surface area contributed by atoms with Crippen LogP contribution in [0.5, 0.6) is 5.75 Å². The minimum Gasteiger partial charge on any atom is -0.494 e. The number of nitrogens with two attached hydrogens (primary N) is 1. The smallest absolute Gasteiger partial charge is 0.241 e. The molecule has 0 unspecified atom stereocenters. The highest BCUT2D eigenvalue weighted by Crippen LogP contribution is 2.15. The summed E-state index contributed by atoms with van der Waals surface area (Å²) in [6, 6.07) is 16.7. The second-order valence-corrected chi connectivity index (χ2v) is 9.38. The largest absolute Gasteiger partial charge is 0.494 e. The summed E-state index contributed by atoms with van der Waals surface area (Å²) in [5.74, 6) is 0.950. The first-order chi connectivity index (χ1) is 17.6. The van der Waals surface area contributed by atoms with Crippen LogP contribution < -0.4 is 10.5 Å². The Labute approximate surface area is 215 Å². The third-order valence-corrected chi connectivity index (χ3v) is 6.48. The van der Waals surface area contributed by atoms with Gasteiger partial charge in [-0.05, 0) is 42.7 Å². The predicted octanol–water partition coefficient (Wildman–Crippen LogP) is 3.91. The Morgan fingerprint density at radius 3 is 2.36 bits per heavy atom. The van der Waals surface area contributed by atoms with E-state index in [2.05, 4.69) is 11.8 Å². The SMILES string of the molecule is CCCCCC(=O)c1ccc(OCCCN2CCN(C(=O)[C@H](N)COCc3ccccc3)CC2)cc1. The number of carbonyl (C=O) groups is 2. The van der Waals surface area contributed by atoms with E-state index >= 15 is 0 Å². The van der Waals surface area contributed by atoms with Gasteiger partial charge in [0.1, 0.15) is 11.8 Å². The van der Waals surface area contributed by atoms with E-state index in [0.29, 0.717) is 32.7 Å². The highest BCUT2D eigenvalue weighted by atomic mass is 16.5. The van der Waals surface area contributed by atoms with Crippen molar-refractivity contribution in [1.82, 2.24) is 9.80 Å². The van der Waals surface area contributed by atoms with Crippen LogP contribution in [-0.2, 0) is 16.1 Å². The third kappa shape index (κ3) is 9.37. The van der Waals surface area contributed by atoms with Crippen molar-refractivity contribution in [3.63, 3.8) is 0 Å². The van der Waals surface area contributed by atoms with E-state index in [-0.39, 0.29) is 18.3 Å². The zero-order valence-electron chi connectivity index (χ0n) is 21.6. The maximum absolute atomic E-state index is 12.7. The average molecular weight is 496 g/mol. The molecule has 0 bridgehead atoms. The molecule has 0 radical (unpaired) electrons. The topological polar surface area (TPSA) is 85.1 Å². The molecule has 0 spiro atoms. The number of ketones is 1. The fraction of sp³-hybridized carbons (Fsp3) is 0.517. The number of unbranched alkanes of at least 4 members (excludes halogenated alkanes) is 2. The molecular formula is C29H41N3O4. The lowest BCUT2D eigenvalue weighted by Crippen LogP contribution is -2.54. The van der Waals surface area contributed by atoms with E-state index in [1.807, 2.05) is 59.5 Å². The number of amides is 1. The van der Waals surface area contributed by atoms with Gasteiger partial charge in [-0.25, -0.2) is 0 Å². The Morgan fingerprint density at radius 1 is 0.944 bits per heavy atom. The molecule has 0 aromatic heterocycles. The van der Waals surface area contributed by atoms with Crippen LogP contribution in [0.3, 0.4) is 0 Å². The Morgan fingerprint density at radius 2 is 1.67 bits per heavy atom. The van der Waals surface area contributed by atoms with E-state index in [1.54, 1.807) is 0 Å². The molecule has 2 N–H and O–H groups in total. The molecule has 2 aromatic carbocycles. The Bertz CT molecular complexity index is 912. The number of piperazine rings is 1. The molecular weight excluding hydrogens is 454 g/mol. The lowest BCUT2D eigenvalue weighted by atomic mass is 10.0. The molecule has 1 fully saturated rings. The van der Waals surface area contributed by atoms with Crippen molar-refractivity contribution in [2.75, 3.05) is 45.9 Å². The van der Waals surface area contributed by atoms with Crippen molar-refractivity contribution in [3.05, 3.63) is 65.7 Å². The van der Waals surface area contributed by atoms with Crippen LogP contribution in [0.15, 0.2) is 54.6 Å². The van der Waals surface area contributed by atoms with E-state index in [9.17, 15) is 9.59 Å². The lowest BCUT2D eigenvalue weighted by Gasteiger charge is -2.35. The first kappa shape index (κ1) is 27.8. The van der Waals surface area contributed by atoms with Gasteiger partial charge in [-0.1, -0.05) is 50.1 Å². The van der Waals surface area contributed by atoms with E-state index in [1.165, 1.54) is 0 Å². The number of Topliss-reactive ketones (excluding diaryl/α,β-unsaturated/α-hetero) is 1. The Hall–Kier alpha value is -2.74. The van der Waals surface area contributed by atoms with Gasteiger partial charge >= 0.3 is 0 Å². The minimum absolute atomic E-state index is 0.0432. The van der Waals surface area contributed by atoms with Gasteiger partial charge in [0.2, 0.25) is 5.91 Å². The molecule has 1 saturated heterocycles. The first-order valence-corrected chi connectivity index (χ1v) is 13.2. The Kier molecular flexibility index (Phi) is 11.9. The maximum Gasteiger partial charge on any atom is 0.241 e. The van der Waals surface area contributed by atoms with Crippen LogP contribution >= 0.6 is 0 Å². The Balaban J connectivity index is 1.27. The zero-order valence-corrected chi connectivity index (χ0v) is 21.6. The number of hydrogen-bond acceptors (Lipinski definition) is 6. The predicted molar refractivity (Wildman–Crippen MR) is 142 cm³/mol. The molecule has 1 aliphatic heterocycles. The van der Waals surface area contributed by atoms with Gasteiger partial charge in [0.25, 0.3) is 0 Å². The van der Waals surface area contributed by atoms with Gasteiger partial charge in [0.15, 0.2) is 5.78 Å².